The van der Waals surface area contributed by atoms with Crippen molar-refractivity contribution in [3.8, 4) is 10.4 Å². The van der Waals surface area contributed by atoms with Crippen molar-refractivity contribution in [2.75, 3.05) is 0 Å². The summed E-state index contributed by atoms with van der Waals surface area (Å²) in [5, 5.41) is 9.10. The summed E-state index contributed by atoms with van der Waals surface area (Å²) < 4.78 is 36.9. The Morgan fingerprint density at radius 2 is 1.65 bits per heavy atom. The average molecular weight is 258 g/mol. The number of rotatable bonds is 2. The van der Waals surface area contributed by atoms with E-state index in [0.29, 0.717) is 4.88 Å². The molecule has 1 nitrogen and oxygen atoms in total. The third kappa shape index (κ3) is 2.68. The molecule has 0 saturated carbocycles. The maximum atomic E-state index is 12.3. The molecule has 1 atom stereocenters. The molecule has 0 aliphatic heterocycles. The number of hydrogen-bond acceptors (Lipinski definition) is 2. The van der Waals surface area contributed by atoms with Gasteiger partial charge in [-0.3, -0.25) is 0 Å². The van der Waals surface area contributed by atoms with Crippen LogP contribution in [0.4, 0.5) is 13.2 Å². The number of aliphatic hydroxyl groups excluding tert-OH is 1. The minimum absolute atomic E-state index is 0.0867. The Hall–Kier alpha value is -1.33. The largest absolute Gasteiger partial charge is 0.419 e. The first-order chi connectivity index (χ1) is 7.98. The molecule has 0 unspecified atom stereocenters. The van der Waals surface area contributed by atoms with E-state index in [-0.39, 0.29) is 4.88 Å². The van der Waals surface area contributed by atoms with Crippen LogP contribution in [0.2, 0.25) is 0 Å². The molecule has 0 spiro atoms. The van der Waals surface area contributed by atoms with Gasteiger partial charge in [0, 0.05) is 9.75 Å². The van der Waals surface area contributed by atoms with Gasteiger partial charge in [0.25, 0.3) is 0 Å². The molecule has 1 N–H and O–H groups in total. The van der Waals surface area contributed by atoms with Gasteiger partial charge >= 0.3 is 6.18 Å². The van der Waals surface area contributed by atoms with E-state index in [4.69, 9.17) is 5.11 Å². The highest BCUT2D eigenvalue weighted by Gasteiger charge is 2.40. The fraction of sp³-hybridized carbons (Fsp3) is 0.167. The Bertz CT molecular complexity index is 490. The normalized spacial score (nSPS) is 13.6. The number of halogens is 3. The summed E-state index contributed by atoms with van der Waals surface area (Å²) in [6.07, 6.45) is -7.01. The molecule has 0 radical (unpaired) electrons. The molecule has 17 heavy (non-hydrogen) atoms. The molecule has 2 rings (SSSR count). The molecule has 0 aliphatic carbocycles. The zero-order chi connectivity index (χ0) is 12.5. The predicted molar refractivity (Wildman–Crippen MR) is 60.8 cm³/mol. The van der Waals surface area contributed by atoms with Gasteiger partial charge < -0.3 is 5.11 Å². The number of hydrogen-bond donors (Lipinski definition) is 1. The van der Waals surface area contributed by atoms with Gasteiger partial charge in [-0.15, -0.1) is 11.3 Å². The molecule has 1 aromatic heterocycles. The maximum absolute atomic E-state index is 12.3. The van der Waals surface area contributed by atoms with E-state index in [2.05, 4.69) is 0 Å². The second kappa shape index (κ2) is 4.50. The summed E-state index contributed by atoms with van der Waals surface area (Å²) in [6.45, 7) is 0. The van der Waals surface area contributed by atoms with Crippen LogP contribution in [-0.2, 0) is 0 Å². The summed E-state index contributed by atoms with van der Waals surface area (Å²) in [6, 6.07) is 12.0. The Labute approximate surface area is 100 Å². The summed E-state index contributed by atoms with van der Waals surface area (Å²) in [7, 11) is 0. The summed E-state index contributed by atoms with van der Waals surface area (Å²) in [4.78, 5) is 0.625. The Balaban J connectivity index is 2.28. The number of alkyl halides is 3. The number of aliphatic hydroxyl groups is 1. The van der Waals surface area contributed by atoms with Crippen LogP contribution in [0.3, 0.4) is 0 Å². The SMILES string of the molecule is O[C@@H](c1ccc(-c2ccccc2)s1)C(F)(F)F. The van der Waals surface area contributed by atoms with Gasteiger partial charge in [-0.1, -0.05) is 30.3 Å². The highest BCUT2D eigenvalue weighted by Crippen LogP contribution is 2.38. The van der Waals surface area contributed by atoms with Gasteiger partial charge in [0.2, 0.25) is 0 Å². The molecule has 1 heterocycles. The average Bonchev–Trinajstić information content (AvgIpc) is 2.77. The van der Waals surface area contributed by atoms with Crippen LogP contribution in [0, 0.1) is 0 Å². The lowest BCUT2D eigenvalue weighted by molar-refractivity contribution is -0.205. The topological polar surface area (TPSA) is 20.2 Å². The van der Waals surface area contributed by atoms with Gasteiger partial charge in [-0.25, -0.2) is 0 Å². The summed E-state index contributed by atoms with van der Waals surface area (Å²) in [5.74, 6) is 0. The van der Waals surface area contributed by atoms with E-state index in [9.17, 15) is 13.2 Å². The van der Waals surface area contributed by atoms with Gasteiger partial charge in [0.15, 0.2) is 6.10 Å². The molecule has 5 heteroatoms. The van der Waals surface area contributed by atoms with Crippen molar-refractivity contribution in [2.24, 2.45) is 0 Å². The van der Waals surface area contributed by atoms with E-state index in [1.807, 2.05) is 30.3 Å². The van der Waals surface area contributed by atoms with Crippen LogP contribution >= 0.6 is 11.3 Å². The third-order valence-corrected chi connectivity index (χ3v) is 3.45. The predicted octanol–water partition coefficient (Wildman–Crippen LogP) is 4.01. The van der Waals surface area contributed by atoms with Crippen LogP contribution in [0.1, 0.15) is 11.0 Å². The smallest absolute Gasteiger partial charge is 0.379 e. The Kier molecular flexibility index (Phi) is 3.22. The molecule has 0 aliphatic rings. The van der Waals surface area contributed by atoms with Crippen molar-refractivity contribution in [3.05, 3.63) is 47.3 Å². The highest BCUT2D eigenvalue weighted by atomic mass is 32.1. The van der Waals surface area contributed by atoms with E-state index < -0.39 is 12.3 Å². The van der Waals surface area contributed by atoms with Gasteiger partial charge in [-0.2, -0.15) is 13.2 Å². The molecule has 0 fully saturated rings. The third-order valence-electron chi connectivity index (χ3n) is 2.26. The molecule has 1 aromatic carbocycles. The first kappa shape index (κ1) is 12.1. The fourth-order valence-corrected chi connectivity index (χ4v) is 2.44. The van der Waals surface area contributed by atoms with Crippen LogP contribution in [0.15, 0.2) is 42.5 Å². The molecule has 0 bridgehead atoms. The Morgan fingerprint density at radius 3 is 2.24 bits per heavy atom. The standard InChI is InChI=1S/C12H9F3OS/c13-12(14,15)11(16)10-7-6-9(17-10)8-4-2-1-3-5-8/h1-7,11,16H/t11-/m0/s1. The van der Waals surface area contributed by atoms with Crippen LogP contribution in [0.5, 0.6) is 0 Å². The maximum Gasteiger partial charge on any atom is 0.419 e. The minimum atomic E-state index is -4.61. The van der Waals surface area contributed by atoms with Crippen molar-refractivity contribution in [1.82, 2.24) is 0 Å². The van der Waals surface area contributed by atoms with Crippen molar-refractivity contribution >= 4 is 11.3 Å². The zero-order valence-electron chi connectivity index (χ0n) is 8.61. The fourth-order valence-electron chi connectivity index (χ4n) is 1.42. The lowest BCUT2D eigenvalue weighted by Crippen LogP contribution is -2.18. The molecule has 90 valence electrons. The first-order valence-corrected chi connectivity index (χ1v) is 5.70. The molecule has 0 amide bonds. The van der Waals surface area contributed by atoms with Crippen molar-refractivity contribution in [1.29, 1.82) is 0 Å². The minimum Gasteiger partial charge on any atom is -0.379 e. The zero-order valence-corrected chi connectivity index (χ0v) is 9.42. The van der Waals surface area contributed by atoms with E-state index in [0.717, 1.165) is 16.9 Å². The second-order valence-corrected chi connectivity index (χ2v) is 4.63. The summed E-state index contributed by atoms with van der Waals surface area (Å²) in [5.41, 5.74) is 0.845. The Morgan fingerprint density at radius 1 is 1.00 bits per heavy atom. The van der Waals surface area contributed by atoms with E-state index >= 15 is 0 Å². The highest BCUT2D eigenvalue weighted by molar-refractivity contribution is 7.15. The van der Waals surface area contributed by atoms with Gasteiger partial charge in [0.1, 0.15) is 0 Å². The molecule has 2 aromatic rings. The molecular formula is C12H9F3OS. The van der Waals surface area contributed by atoms with Crippen LogP contribution < -0.4 is 0 Å². The lowest BCUT2D eigenvalue weighted by Gasteiger charge is -2.12. The number of thiophene rings is 1. The van der Waals surface area contributed by atoms with E-state index in [1.54, 1.807) is 6.07 Å². The molecule has 0 saturated heterocycles. The second-order valence-electron chi connectivity index (χ2n) is 3.51. The number of benzene rings is 1. The van der Waals surface area contributed by atoms with Gasteiger partial charge in [0.05, 0.1) is 0 Å². The van der Waals surface area contributed by atoms with Crippen molar-refractivity contribution in [2.45, 2.75) is 12.3 Å². The van der Waals surface area contributed by atoms with Crippen molar-refractivity contribution < 1.29 is 18.3 Å². The summed E-state index contributed by atoms with van der Waals surface area (Å²) >= 11 is 0.951. The van der Waals surface area contributed by atoms with Crippen LogP contribution in [0.25, 0.3) is 10.4 Å². The monoisotopic (exact) mass is 258 g/mol. The van der Waals surface area contributed by atoms with Crippen molar-refractivity contribution in [3.63, 3.8) is 0 Å². The quantitative estimate of drug-likeness (QED) is 0.862. The first-order valence-electron chi connectivity index (χ1n) is 4.88. The lowest BCUT2D eigenvalue weighted by atomic mass is 10.2. The van der Waals surface area contributed by atoms with Crippen LogP contribution in [-0.4, -0.2) is 11.3 Å². The van der Waals surface area contributed by atoms with Gasteiger partial charge in [-0.05, 0) is 17.7 Å². The van der Waals surface area contributed by atoms with E-state index in [1.165, 1.54) is 6.07 Å². The molecular weight excluding hydrogens is 249 g/mol.